The molecule has 2 heteroatoms. The van der Waals surface area contributed by atoms with Gasteiger partial charge in [0.15, 0.2) is 0 Å². The molecule has 0 radical (unpaired) electrons. The Balaban J connectivity index is 3.67. The average molecular weight is 513 g/mol. The van der Waals surface area contributed by atoms with Crippen LogP contribution < -0.4 is 0 Å². The molecule has 0 aliphatic heterocycles. The molecule has 204 valence electrons. The van der Waals surface area contributed by atoms with Crippen molar-refractivity contribution in [3.63, 3.8) is 0 Å². The van der Waals surface area contributed by atoms with E-state index < -0.39 is 0 Å². The van der Waals surface area contributed by atoms with Gasteiger partial charge in [0.25, 0.3) is 0 Å². The van der Waals surface area contributed by atoms with E-state index in [-0.39, 0.29) is 0 Å². The highest BCUT2D eigenvalue weighted by atomic mass is 32.1. The molecule has 0 aromatic carbocycles. The predicted octanol–water partition coefficient (Wildman–Crippen LogP) is 12.3. The van der Waals surface area contributed by atoms with Crippen LogP contribution in [-0.2, 0) is 0 Å². The van der Waals surface area contributed by atoms with Gasteiger partial charge in [-0.2, -0.15) is 25.3 Å². The van der Waals surface area contributed by atoms with E-state index in [0.29, 0.717) is 0 Å². The van der Waals surface area contributed by atoms with Gasteiger partial charge in [-0.05, 0) is 25.7 Å². The molecule has 0 amide bonds. The molecule has 0 atom stereocenters. The summed E-state index contributed by atoms with van der Waals surface area (Å²) in [6, 6.07) is 0. The van der Waals surface area contributed by atoms with Crippen molar-refractivity contribution >= 4 is 25.3 Å². The Labute approximate surface area is 228 Å². The number of unbranched alkanes of at least 4 members (excludes halogenated alkanes) is 22. The van der Waals surface area contributed by atoms with Crippen molar-refractivity contribution in [2.45, 2.75) is 181 Å². The van der Waals surface area contributed by atoms with Crippen LogP contribution >= 0.6 is 25.3 Å². The molecule has 0 heterocycles. The van der Waals surface area contributed by atoms with Crippen LogP contribution in [0, 0.1) is 0 Å². The van der Waals surface area contributed by atoms with Gasteiger partial charge in [-0.15, -0.1) is 0 Å². The molecule has 0 aliphatic rings. The molecular formula is C32H64S2. The zero-order valence-electron chi connectivity index (χ0n) is 23.7. The van der Waals surface area contributed by atoms with Gasteiger partial charge in [-0.1, -0.05) is 166 Å². The molecule has 0 saturated carbocycles. The maximum atomic E-state index is 4.67. The van der Waals surface area contributed by atoms with Gasteiger partial charge < -0.3 is 0 Å². The fraction of sp³-hybridized carbons (Fsp3) is 0.938. The maximum absolute atomic E-state index is 4.67. The minimum atomic E-state index is 0.937. The Kier molecular flexibility index (Phi) is 30.1. The number of hydrogen-bond donors (Lipinski definition) is 2. The highest BCUT2D eigenvalue weighted by Gasteiger charge is 2.05. The topological polar surface area (TPSA) is 0 Å². The van der Waals surface area contributed by atoms with Crippen LogP contribution in [0.4, 0.5) is 0 Å². The summed E-state index contributed by atoms with van der Waals surface area (Å²) in [6.45, 7) is 4.60. The quantitative estimate of drug-likeness (QED) is 0.0581. The number of hydrogen-bond acceptors (Lipinski definition) is 2. The van der Waals surface area contributed by atoms with Crippen molar-refractivity contribution in [3.8, 4) is 0 Å². The molecule has 0 rings (SSSR count). The van der Waals surface area contributed by atoms with Crippen molar-refractivity contribution in [1.82, 2.24) is 0 Å². The highest BCUT2D eigenvalue weighted by Crippen LogP contribution is 2.22. The summed E-state index contributed by atoms with van der Waals surface area (Å²) in [7, 11) is 0. The van der Waals surface area contributed by atoms with Gasteiger partial charge in [-0.25, -0.2) is 0 Å². The molecule has 0 nitrogen and oxygen atoms in total. The van der Waals surface area contributed by atoms with E-state index in [9.17, 15) is 0 Å². The van der Waals surface area contributed by atoms with Crippen molar-refractivity contribution in [1.29, 1.82) is 0 Å². The van der Waals surface area contributed by atoms with Crippen LogP contribution in [0.15, 0.2) is 11.1 Å². The van der Waals surface area contributed by atoms with E-state index in [1.807, 2.05) is 0 Å². The summed E-state index contributed by atoms with van der Waals surface area (Å²) in [4.78, 5) is 0. The third-order valence-corrected chi connectivity index (χ3v) is 8.31. The van der Waals surface area contributed by atoms with E-state index in [2.05, 4.69) is 39.1 Å². The summed E-state index contributed by atoms with van der Waals surface area (Å²) in [5.41, 5.74) is 3.21. The molecular weight excluding hydrogens is 448 g/mol. The average Bonchev–Trinajstić information content (AvgIpc) is 2.85. The van der Waals surface area contributed by atoms with Gasteiger partial charge in [0.05, 0.1) is 0 Å². The third-order valence-electron chi connectivity index (χ3n) is 7.55. The van der Waals surface area contributed by atoms with Gasteiger partial charge in [0.1, 0.15) is 0 Å². The van der Waals surface area contributed by atoms with Crippen molar-refractivity contribution in [2.75, 3.05) is 11.5 Å². The Morgan fingerprint density at radius 3 is 0.735 bits per heavy atom. The lowest BCUT2D eigenvalue weighted by atomic mass is 9.98. The lowest BCUT2D eigenvalue weighted by Gasteiger charge is -2.13. The molecule has 0 spiro atoms. The van der Waals surface area contributed by atoms with Crippen LogP contribution in [0.2, 0.25) is 0 Å². The summed E-state index contributed by atoms with van der Waals surface area (Å²) in [6.07, 6.45) is 36.8. The molecule has 0 aromatic heterocycles. The molecule has 0 N–H and O–H groups in total. The Morgan fingerprint density at radius 1 is 0.324 bits per heavy atom. The molecule has 0 fully saturated rings. The second-order valence-corrected chi connectivity index (χ2v) is 11.4. The molecule has 34 heavy (non-hydrogen) atoms. The summed E-state index contributed by atoms with van der Waals surface area (Å²) in [5.74, 6) is 1.87. The first-order chi connectivity index (χ1) is 16.8. The Bertz CT molecular complexity index is 377. The summed E-state index contributed by atoms with van der Waals surface area (Å²) >= 11 is 9.33. The second-order valence-electron chi connectivity index (χ2n) is 10.8. The summed E-state index contributed by atoms with van der Waals surface area (Å²) < 4.78 is 0. The van der Waals surface area contributed by atoms with Crippen molar-refractivity contribution < 1.29 is 0 Å². The second kappa shape index (κ2) is 29.7. The molecule has 0 aliphatic carbocycles. The van der Waals surface area contributed by atoms with Crippen LogP contribution in [0.3, 0.4) is 0 Å². The normalized spacial score (nSPS) is 12.4. The van der Waals surface area contributed by atoms with E-state index in [1.54, 1.807) is 11.1 Å². The number of rotatable bonds is 28. The Morgan fingerprint density at radius 2 is 0.529 bits per heavy atom. The minimum Gasteiger partial charge on any atom is -0.175 e. The zero-order chi connectivity index (χ0) is 25.0. The summed E-state index contributed by atoms with van der Waals surface area (Å²) in [5, 5.41) is 0. The lowest BCUT2D eigenvalue weighted by Crippen LogP contribution is -1.98. The molecule has 0 aromatic rings. The van der Waals surface area contributed by atoms with Crippen LogP contribution in [0.25, 0.3) is 0 Å². The third kappa shape index (κ3) is 24.1. The van der Waals surface area contributed by atoms with E-state index in [0.717, 1.165) is 11.5 Å². The lowest BCUT2D eigenvalue weighted by molar-refractivity contribution is 0.541. The van der Waals surface area contributed by atoms with Gasteiger partial charge >= 0.3 is 0 Å². The standard InChI is InChI=1S/C32H64S2/c1-3-5-7-9-11-13-15-17-19-21-23-25-27-31(29-33)32(30-34)28-26-24-22-20-18-16-14-12-10-8-6-4-2/h33-34H,3-30H2,1-2H3/b32-31+. The first-order valence-corrected chi connectivity index (χ1v) is 17.0. The highest BCUT2D eigenvalue weighted by molar-refractivity contribution is 7.80. The first-order valence-electron chi connectivity index (χ1n) is 15.7. The van der Waals surface area contributed by atoms with E-state index in [4.69, 9.17) is 0 Å². The van der Waals surface area contributed by atoms with Gasteiger partial charge in [-0.3, -0.25) is 0 Å². The monoisotopic (exact) mass is 512 g/mol. The van der Waals surface area contributed by atoms with E-state index in [1.165, 1.54) is 167 Å². The number of thiol groups is 2. The van der Waals surface area contributed by atoms with E-state index >= 15 is 0 Å². The smallest absolute Gasteiger partial charge is 0.0115 e. The van der Waals surface area contributed by atoms with Crippen LogP contribution in [0.1, 0.15) is 181 Å². The fourth-order valence-corrected chi connectivity index (χ4v) is 5.86. The van der Waals surface area contributed by atoms with Gasteiger partial charge in [0, 0.05) is 11.5 Å². The first kappa shape index (κ1) is 34.4. The van der Waals surface area contributed by atoms with Crippen LogP contribution in [0.5, 0.6) is 0 Å². The Hall–Kier alpha value is 0.440. The molecule has 0 bridgehead atoms. The SMILES string of the molecule is CCCCCCCCCCCCCC/C(CS)=C(\CS)CCCCCCCCCCCCCC. The fourth-order valence-electron chi connectivity index (χ4n) is 5.09. The molecule has 0 unspecified atom stereocenters. The van der Waals surface area contributed by atoms with Crippen LogP contribution in [-0.4, -0.2) is 11.5 Å². The maximum Gasteiger partial charge on any atom is 0.0115 e. The molecule has 0 saturated heterocycles. The zero-order valence-corrected chi connectivity index (χ0v) is 25.5. The van der Waals surface area contributed by atoms with Crippen molar-refractivity contribution in [2.24, 2.45) is 0 Å². The van der Waals surface area contributed by atoms with Crippen molar-refractivity contribution in [3.05, 3.63) is 11.1 Å². The predicted molar refractivity (Wildman–Crippen MR) is 166 cm³/mol. The van der Waals surface area contributed by atoms with Gasteiger partial charge in [0.2, 0.25) is 0 Å². The minimum absolute atomic E-state index is 0.937. The largest absolute Gasteiger partial charge is 0.175 e.